The highest BCUT2D eigenvalue weighted by Crippen LogP contribution is 2.19. The second kappa shape index (κ2) is 7.80. The Kier molecular flexibility index (Phi) is 5.07. The minimum atomic E-state index is 0.0787. The number of piperazine rings is 1. The number of nitrogens with zero attached hydrogens (tertiary/aromatic N) is 3. The molecule has 0 aliphatic carbocycles. The predicted octanol–water partition coefficient (Wildman–Crippen LogP) is 2.92. The Balaban J connectivity index is 1.35. The third-order valence-electron chi connectivity index (χ3n) is 4.98. The lowest BCUT2D eigenvalue weighted by Crippen LogP contribution is -2.48. The highest BCUT2D eigenvalue weighted by molar-refractivity contribution is 6.05. The summed E-state index contributed by atoms with van der Waals surface area (Å²) in [6.07, 6.45) is 3.50. The molecule has 0 atom stereocenters. The normalized spacial score (nSPS) is 15.2. The molecule has 0 radical (unpaired) electrons. The summed E-state index contributed by atoms with van der Waals surface area (Å²) >= 11 is 0. The maximum Gasteiger partial charge on any atom is 0.256 e. The number of aromatic nitrogens is 2. The first-order valence-electron chi connectivity index (χ1n) is 9.40. The van der Waals surface area contributed by atoms with E-state index in [4.69, 9.17) is 4.74 Å². The Labute approximate surface area is 158 Å². The van der Waals surface area contributed by atoms with E-state index >= 15 is 0 Å². The van der Waals surface area contributed by atoms with Crippen LogP contribution in [0.3, 0.4) is 0 Å². The van der Waals surface area contributed by atoms with Crippen LogP contribution in [0, 0.1) is 0 Å². The van der Waals surface area contributed by atoms with Crippen LogP contribution in [0.2, 0.25) is 0 Å². The third kappa shape index (κ3) is 3.80. The molecule has 1 aliphatic rings. The lowest BCUT2D eigenvalue weighted by molar-refractivity contribution is 0.0630. The zero-order valence-electron chi connectivity index (χ0n) is 15.5. The van der Waals surface area contributed by atoms with E-state index in [1.54, 1.807) is 12.4 Å². The number of fused-ring (bicyclic) bond motifs is 1. The maximum atomic E-state index is 12.9. The van der Waals surface area contributed by atoms with Crippen molar-refractivity contribution >= 4 is 16.9 Å². The van der Waals surface area contributed by atoms with E-state index < -0.39 is 0 Å². The number of amides is 1. The van der Waals surface area contributed by atoms with Crippen LogP contribution in [0.5, 0.6) is 5.75 Å². The molecule has 0 saturated carbocycles. The maximum absolute atomic E-state index is 12.9. The summed E-state index contributed by atoms with van der Waals surface area (Å²) in [6.45, 7) is 6.79. The summed E-state index contributed by atoms with van der Waals surface area (Å²) in [7, 11) is 0. The van der Waals surface area contributed by atoms with Crippen molar-refractivity contribution in [2.75, 3.05) is 32.8 Å². The van der Waals surface area contributed by atoms with Crippen molar-refractivity contribution in [3.63, 3.8) is 0 Å². The molecule has 1 fully saturated rings. The van der Waals surface area contributed by atoms with Gasteiger partial charge < -0.3 is 14.6 Å². The third-order valence-corrected chi connectivity index (χ3v) is 4.98. The fourth-order valence-corrected chi connectivity index (χ4v) is 3.53. The number of rotatable bonds is 5. The average Bonchev–Trinajstić information content (AvgIpc) is 3.14. The SMILES string of the molecule is CCOc1ccc(CN2CCN(C(=O)c3c[nH]c4ncccc34)CC2)cc1. The van der Waals surface area contributed by atoms with Crippen LogP contribution in [0.25, 0.3) is 11.0 Å². The van der Waals surface area contributed by atoms with Crippen LogP contribution in [0.4, 0.5) is 0 Å². The first-order chi connectivity index (χ1) is 13.2. The van der Waals surface area contributed by atoms with Gasteiger partial charge in [0, 0.05) is 50.5 Å². The quantitative estimate of drug-likeness (QED) is 0.756. The highest BCUT2D eigenvalue weighted by Gasteiger charge is 2.24. The Bertz CT molecular complexity index is 911. The van der Waals surface area contributed by atoms with E-state index in [0.717, 1.165) is 49.5 Å². The molecule has 27 heavy (non-hydrogen) atoms. The summed E-state index contributed by atoms with van der Waals surface area (Å²) < 4.78 is 5.49. The van der Waals surface area contributed by atoms with Crippen LogP contribution in [-0.4, -0.2) is 58.5 Å². The largest absolute Gasteiger partial charge is 0.494 e. The smallest absolute Gasteiger partial charge is 0.256 e. The summed E-state index contributed by atoms with van der Waals surface area (Å²) in [5.74, 6) is 0.986. The van der Waals surface area contributed by atoms with Crippen molar-refractivity contribution in [2.24, 2.45) is 0 Å². The highest BCUT2D eigenvalue weighted by atomic mass is 16.5. The first-order valence-corrected chi connectivity index (χ1v) is 9.40. The summed E-state index contributed by atoms with van der Waals surface area (Å²) in [5.41, 5.74) is 2.73. The van der Waals surface area contributed by atoms with Crippen molar-refractivity contribution in [3.05, 3.63) is 59.9 Å². The molecule has 0 spiro atoms. The molecule has 0 bridgehead atoms. The van der Waals surface area contributed by atoms with Gasteiger partial charge in [0.15, 0.2) is 0 Å². The molecule has 0 unspecified atom stereocenters. The van der Waals surface area contributed by atoms with Crippen LogP contribution < -0.4 is 4.74 Å². The summed E-state index contributed by atoms with van der Waals surface area (Å²) in [5, 5.41) is 0.888. The molecule has 1 N–H and O–H groups in total. The number of nitrogens with one attached hydrogen (secondary N) is 1. The van der Waals surface area contributed by atoms with Gasteiger partial charge in [0.05, 0.1) is 12.2 Å². The molecule has 1 saturated heterocycles. The molecule has 1 aliphatic heterocycles. The van der Waals surface area contributed by atoms with Gasteiger partial charge in [-0.15, -0.1) is 0 Å². The van der Waals surface area contributed by atoms with Crippen LogP contribution >= 0.6 is 0 Å². The monoisotopic (exact) mass is 364 g/mol. The van der Waals surface area contributed by atoms with Gasteiger partial charge in [0.1, 0.15) is 11.4 Å². The Morgan fingerprint density at radius 2 is 1.93 bits per heavy atom. The fraction of sp³-hybridized carbons (Fsp3) is 0.333. The number of benzene rings is 1. The first kappa shape index (κ1) is 17.5. The molecule has 6 heteroatoms. The topological polar surface area (TPSA) is 61.5 Å². The number of pyridine rings is 1. The number of carbonyl (C=O) groups excluding carboxylic acids is 1. The molecular weight excluding hydrogens is 340 g/mol. The van der Waals surface area contributed by atoms with E-state index in [0.29, 0.717) is 12.2 Å². The van der Waals surface area contributed by atoms with E-state index in [1.807, 2.05) is 36.1 Å². The van der Waals surface area contributed by atoms with Crippen molar-refractivity contribution < 1.29 is 9.53 Å². The Morgan fingerprint density at radius 1 is 1.15 bits per heavy atom. The Hall–Kier alpha value is -2.86. The molecule has 6 nitrogen and oxygen atoms in total. The number of hydrogen-bond donors (Lipinski definition) is 1. The summed E-state index contributed by atoms with van der Waals surface area (Å²) in [4.78, 5) is 24.6. The average molecular weight is 364 g/mol. The molecule has 1 aromatic carbocycles. The molecule has 2 aromatic heterocycles. The van der Waals surface area contributed by atoms with E-state index in [-0.39, 0.29) is 5.91 Å². The van der Waals surface area contributed by atoms with Gasteiger partial charge in [-0.3, -0.25) is 9.69 Å². The second-order valence-corrected chi connectivity index (χ2v) is 6.75. The zero-order valence-corrected chi connectivity index (χ0v) is 15.5. The zero-order chi connectivity index (χ0) is 18.6. The lowest BCUT2D eigenvalue weighted by atomic mass is 10.1. The van der Waals surface area contributed by atoms with Gasteiger partial charge in [0.2, 0.25) is 0 Å². The molecule has 3 aromatic rings. The van der Waals surface area contributed by atoms with E-state index in [9.17, 15) is 4.79 Å². The van der Waals surface area contributed by atoms with Crippen molar-refractivity contribution in [1.29, 1.82) is 0 Å². The fourth-order valence-electron chi connectivity index (χ4n) is 3.53. The van der Waals surface area contributed by atoms with Crippen LogP contribution in [-0.2, 0) is 6.54 Å². The van der Waals surface area contributed by atoms with Crippen LogP contribution in [0.15, 0.2) is 48.8 Å². The molecule has 140 valence electrons. The standard InChI is InChI=1S/C21H24N4O2/c1-2-27-17-7-5-16(6-8-17)15-24-10-12-25(13-11-24)21(26)19-14-23-20-18(19)4-3-9-22-20/h3-9,14H,2,10-13,15H2,1H3,(H,22,23). The number of ether oxygens (including phenoxy) is 1. The van der Waals surface area contributed by atoms with Crippen molar-refractivity contribution in [3.8, 4) is 5.75 Å². The van der Waals surface area contributed by atoms with Gasteiger partial charge >= 0.3 is 0 Å². The minimum Gasteiger partial charge on any atom is -0.494 e. The minimum absolute atomic E-state index is 0.0787. The molecule has 3 heterocycles. The van der Waals surface area contributed by atoms with Crippen molar-refractivity contribution in [1.82, 2.24) is 19.8 Å². The molecule has 4 rings (SSSR count). The lowest BCUT2D eigenvalue weighted by Gasteiger charge is -2.34. The Morgan fingerprint density at radius 3 is 2.67 bits per heavy atom. The predicted molar refractivity (Wildman–Crippen MR) is 105 cm³/mol. The molecule has 1 amide bonds. The van der Waals surface area contributed by atoms with Gasteiger partial charge in [-0.25, -0.2) is 4.98 Å². The number of H-pyrrole nitrogens is 1. The number of aromatic amines is 1. The van der Waals surface area contributed by atoms with Gasteiger partial charge in [-0.2, -0.15) is 0 Å². The van der Waals surface area contributed by atoms with Crippen LogP contribution in [0.1, 0.15) is 22.8 Å². The van der Waals surface area contributed by atoms with E-state index in [1.165, 1.54) is 5.56 Å². The van der Waals surface area contributed by atoms with Gasteiger partial charge in [-0.1, -0.05) is 12.1 Å². The number of carbonyl (C=O) groups is 1. The van der Waals surface area contributed by atoms with Crippen molar-refractivity contribution in [2.45, 2.75) is 13.5 Å². The van der Waals surface area contributed by atoms with Gasteiger partial charge in [-0.05, 0) is 36.8 Å². The summed E-state index contributed by atoms with van der Waals surface area (Å²) in [6, 6.07) is 12.1. The number of hydrogen-bond acceptors (Lipinski definition) is 4. The van der Waals surface area contributed by atoms with E-state index in [2.05, 4.69) is 27.0 Å². The second-order valence-electron chi connectivity index (χ2n) is 6.75. The van der Waals surface area contributed by atoms with Gasteiger partial charge in [0.25, 0.3) is 5.91 Å². The molecular formula is C21H24N4O2.